The highest BCUT2D eigenvalue weighted by atomic mass is 15.2. The number of benzene rings is 1. The van der Waals surface area contributed by atoms with Crippen LogP contribution in [-0.4, -0.2) is 13.1 Å². The highest BCUT2D eigenvalue weighted by molar-refractivity contribution is 5.49. The Labute approximate surface area is 95.1 Å². The van der Waals surface area contributed by atoms with Crippen molar-refractivity contribution in [3.63, 3.8) is 0 Å². The predicted molar refractivity (Wildman–Crippen MR) is 70.7 cm³/mol. The van der Waals surface area contributed by atoms with Crippen LogP contribution in [0.2, 0.25) is 0 Å². The molecule has 15 heavy (non-hydrogen) atoms. The van der Waals surface area contributed by atoms with E-state index in [1.165, 1.54) is 30.8 Å². The molecule has 0 radical (unpaired) electrons. The minimum absolute atomic E-state index is 1.24. The van der Waals surface area contributed by atoms with Gasteiger partial charge in [0.2, 0.25) is 0 Å². The van der Waals surface area contributed by atoms with Crippen LogP contribution in [0.15, 0.2) is 24.3 Å². The molecule has 86 valence electrons. The lowest BCUT2D eigenvalue weighted by molar-refractivity contribution is 0.617. The maximum Gasteiger partial charge on any atom is 0.0368 e. The molecule has 0 amide bonds. The first-order chi connectivity index (χ1) is 7.36. The van der Waals surface area contributed by atoms with E-state index in [0.717, 1.165) is 0 Å². The van der Waals surface area contributed by atoms with Gasteiger partial charge in [0.15, 0.2) is 0 Å². The summed E-state index contributed by atoms with van der Waals surface area (Å²) in [6, 6.07) is 8.71. The summed E-state index contributed by atoms with van der Waals surface area (Å²) in [5.74, 6) is 0. The number of aryl methyl sites for hydroxylation is 1. The lowest BCUT2D eigenvalue weighted by Gasteiger charge is -2.33. The maximum absolute atomic E-state index is 2.41. The summed E-state index contributed by atoms with van der Waals surface area (Å²) in [4.78, 5) is 2.41. The third kappa shape index (κ3) is 4.37. The van der Waals surface area contributed by atoms with Crippen LogP contribution in [0.1, 0.15) is 39.7 Å². The van der Waals surface area contributed by atoms with Crippen molar-refractivity contribution in [2.75, 3.05) is 18.0 Å². The smallest absolute Gasteiger partial charge is 0.0368 e. The van der Waals surface area contributed by atoms with Crippen molar-refractivity contribution in [3.05, 3.63) is 29.8 Å². The van der Waals surface area contributed by atoms with Gasteiger partial charge >= 0.3 is 0 Å². The standard InChI is InChI=1S/C10H13N.2C2H6/c1-9-4-2-5-10(8-9)11-6-3-7-11;2*1-2/h2,4-5,8H,3,6-7H2,1H3;2*1-2H3. The minimum atomic E-state index is 1.24. The highest BCUT2D eigenvalue weighted by Gasteiger charge is 2.13. The molecule has 1 aliphatic rings. The molecule has 0 aromatic heterocycles. The second kappa shape index (κ2) is 8.34. The molecule has 1 heterocycles. The predicted octanol–water partition coefficient (Wildman–Crippen LogP) is 4.26. The topological polar surface area (TPSA) is 3.24 Å². The molecule has 0 unspecified atom stereocenters. The van der Waals surface area contributed by atoms with E-state index in [4.69, 9.17) is 0 Å². The molecule has 1 fully saturated rings. The Hall–Kier alpha value is -0.980. The van der Waals surface area contributed by atoms with Crippen LogP contribution in [-0.2, 0) is 0 Å². The Kier molecular flexibility index (Phi) is 7.79. The zero-order valence-electron chi connectivity index (χ0n) is 10.9. The van der Waals surface area contributed by atoms with Gasteiger partial charge in [-0.3, -0.25) is 0 Å². The average molecular weight is 207 g/mol. The molecule has 1 heteroatoms. The summed E-state index contributed by atoms with van der Waals surface area (Å²) in [5, 5.41) is 0. The SMILES string of the molecule is CC.CC.Cc1cccc(N2CCC2)c1. The molecule has 1 nitrogen and oxygen atoms in total. The number of rotatable bonds is 1. The molecule has 0 spiro atoms. The van der Waals surface area contributed by atoms with Crippen molar-refractivity contribution in [1.29, 1.82) is 0 Å². The minimum Gasteiger partial charge on any atom is -0.371 e. The van der Waals surface area contributed by atoms with E-state index in [1.54, 1.807) is 0 Å². The zero-order valence-corrected chi connectivity index (χ0v) is 10.9. The number of hydrogen-bond acceptors (Lipinski definition) is 1. The zero-order chi connectivity index (χ0) is 11.7. The summed E-state index contributed by atoms with van der Waals surface area (Å²) >= 11 is 0. The van der Waals surface area contributed by atoms with E-state index in [9.17, 15) is 0 Å². The molecule has 0 bridgehead atoms. The molecule has 1 aromatic rings. The quantitative estimate of drug-likeness (QED) is 0.665. The summed E-state index contributed by atoms with van der Waals surface area (Å²) in [6.45, 7) is 12.6. The van der Waals surface area contributed by atoms with Gasteiger partial charge in [-0.2, -0.15) is 0 Å². The van der Waals surface area contributed by atoms with Crippen LogP contribution in [0, 0.1) is 6.92 Å². The van der Waals surface area contributed by atoms with Crippen molar-refractivity contribution in [3.8, 4) is 0 Å². The van der Waals surface area contributed by atoms with Gasteiger partial charge in [-0.25, -0.2) is 0 Å². The Morgan fingerprint density at radius 1 is 1.00 bits per heavy atom. The van der Waals surface area contributed by atoms with Crippen molar-refractivity contribution in [2.45, 2.75) is 41.0 Å². The van der Waals surface area contributed by atoms with Gasteiger partial charge < -0.3 is 4.90 Å². The molecule has 2 rings (SSSR count). The van der Waals surface area contributed by atoms with Crippen molar-refractivity contribution < 1.29 is 0 Å². The third-order valence-corrected chi connectivity index (χ3v) is 2.22. The molecule has 0 atom stereocenters. The van der Waals surface area contributed by atoms with Crippen molar-refractivity contribution >= 4 is 5.69 Å². The van der Waals surface area contributed by atoms with Crippen molar-refractivity contribution in [2.24, 2.45) is 0 Å². The van der Waals surface area contributed by atoms with E-state index in [2.05, 4.69) is 36.1 Å². The van der Waals surface area contributed by atoms with Gasteiger partial charge in [0.1, 0.15) is 0 Å². The van der Waals surface area contributed by atoms with Crippen LogP contribution in [0.3, 0.4) is 0 Å². The van der Waals surface area contributed by atoms with E-state index in [1.807, 2.05) is 27.7 Å². The first-order valence-electron chi connectivity index (χ1n) is 6.18. The van der Waals surface area contributed by atoms with Gasteiger partial charge in [0, 0.05) is 18.8 Å². The van der Waals surface area contributed by atoms with E-state index in [-0.39, 0.29) is 0 Å². The van der Waals surface area contributed by atoms with Crippen molar-refractivity contribution in [1.82, 2.24) is 0 Å². The maximum atomic E-state index is 2.41. The molecule has 1 aromatic carbocycles. The Bertz CT molecular complexity index is 251. The molecular formula is C14H25N. The van der Waals surface area contributed by atoms with Crippen LogP contribution in [0.5, 0.6) is 0 Å². The van der Waals surface area contributed by atoms with Crippen LogP contribution >= 0.6 is 0 Å². The first kappa shape index (κ1) is 14.0. The van der Waals surface area contributed by atoms with Gasteiger partial charge in [-0.15, -0.1) is 0 Å². The fourth-order valence-electron chi connectivity index (χ4n) is 1.40. The van der Waals surface area contributed by atoms with Gasteiger partial charge in [0.05, 0.1) is 0 Å². The number of anilines is 1. The number of hydrogen-bond donors (Lipinski definition) is 0. The molecule has 0 aliphatic carbocycles. The van der Waals surface area contributed by atoms with Gasteiger partial charge in [0.25, 0.3) is 0 Å². The normalized spacial score (nSPS) is 12.7. The third-order valence-electron chi connectivity index (χ3n) is 2.22. The Balaban J connectivity index is 0.000000442. The summed E-state index contributed by atoms with van der Waals surface area (Å²) < 4.78 is 0. The summed E-state index contributed by atoms with van der Waals surface area (Å²) in [6.07, 6.45) is 1.36. The highest BCUT2D eigenvalue weighted by Crippen LogP contribution is 2.20. The van der Waals surface area contributed by atoms with Crippen LogP contribution in [0.25, 0.3) is 0 Å². The molecular weight excluding hydrogens is 182 g/mol. The number of nitrogens with zero attached hydrogens (tertiary/aromatic N) is 1. The molecule has 0 saturated carbocycles. The Morgan fingerprint density at radius 2 is 1.60 bits per heavy atom. The average Bonchev–Trinajstić information content (AvgIpc) is 2.21. The second-order valence-electron chi connectivity index (χ2n) is 3.18. The van der Waals surface area contributed by atoms with Gasteiger partial charge in [-0.1, -0.05) is 39.8 Å². The molecule has 1 saturated heterocycles. The molecule has 0 N–H and O–H groups in total. The van der Waals surface area contributed by atoms with E-state index >= 15 is 0 Å². The monoisotopic (exact) mass is 207 g/mol. The summed E-state index contributed by atoms with van der Waals surface area (Å²) in [7, 11) is 0. The molecule has 1 aliphatic heterocycles. The van der Waals surface area contributed by atoms with Crippen LogP contribution < -0.4 is 4.90 Å². The van der Waals surface area contributed by atoms with Crippen LogP contribution in [0.4, 0.5) is 5.69 Å². The van der Waals surface area contributed by atoms with Gasteiger partial charge in [-0.05, 0) is 31.0 Å². The van der Waals surface area contributed by atoms with E-state index < -0.39 is 0 Å². The largest absolute Gasteiger partial charge is 0.371 e. The summed E-state index contributed by atoms with van der Waals surface area (Å²) in [5.41, 5.74) is 2.74. The second-order valence-corrected chi connectivity index (χ2v) is 3.18. The first-order valence-corrected chi connectivity index (χ1v) is 6.18. The van der Waals surface area contributed by atoms with E-state index in [0.29, 0.717) is 0 Å². The fourth-order valence-corrected chi connectivity index (χ4v) is 1.40. The lowest BCUT2D eigenvalue weighted by atomic mass is 10.1. The fraction of sp³-hybridized carbons (Fsp3) is 0.571. The lowest BCUT2D eigenvalue weighted by Crippen LogP contribution is -2.36. The Morgan fingerprint density at radius 3 is 2.00 bits per heavy atom.